The van der Waals surface area contributed by atoms with Gasteiger partial charge >= 0.3 is 6.36 Å². The molecule has 3 heterocycles. The van der Waals surface area contributed by atoms with Crippen molar-refractivity contribution in [1.29, 1.82) is 5.26 Å². The molecule has 3 aromatic carbocycles. The number of rotatable bonds is 8. The van der Waals surface area contributed by atoms with E-state index in [2.05, 4.69) is 25.9 Å². The average molecular weight is 646 g/mol. The Balaban J connectivity index is 0.974. The smallest absolute Gasteiger partial charge is 0.451 e. The van der Waals surface area contributed by atoms with Crippen molar-refractivity contribution in [3.8, 4) is 11.8 Å². The van der Waals surface area contributed by atoms with E-state index >= 15 is 0 Å². The molecule has 0 aliphatic carbocycles. The molecule has 6 rings (SSSR count). The van der Waals surface area contributed by atoms with Crippen LogP contribution >= 0.6 is 0 Å². The molecule has 2 amide bonds. The van der Waals surface area contributed by atoms with Crippen molar-refractivity contribution in [2.24, 2.45) is 0 Å². The second kappa shape index (κ2) is 13.9. The molecule has 12 heteroatoms. The molecule has 0 bridgehead atoms. The number of carbonyl (C=O) groups is 2. The number of nitriles is 1. The van der Waals surface area contributed by atoms with Crippen molar-refractivity contribution in [1.82, 2.24) is 20.0 Å². The summed E-state index contributed by atoms with van der Waals surface area (Å²) in [7, 11) is 0. The Morgan fingerprint density at radius 1 is 0.851 bits per heavy atom. The Bertz CT molecular complexity index is 1750. The summed E-state index contributed by atoms with van der Waals surface area (Å²) in [6.45, 7) is 5.32. The van der Waals surface area contributed by atoms with Gasteiger partial charge < -0.3 is 19.4 Å². The van der Waals surface area contributed by atoms with E-state index in [1.807, 2.05) is 24.3 Å². The number of fused-ring (bicyclic) bond motifs is 1. The van der Waals surface area contributed by atoms with Crippen LogP contribution in [0.5, 0.6) is 5.75 Å². The molecule has 1 N–H and O–H groups in total. The van der Waals surface area contributed by atoms with Crippen molar-refractivity contribution in [2.75, 3.05) is 39.3 Å². The van der Waals surface area contributed by atoms with Gasteiger partial charge in [0.1, 0.15) is 11.3 Å². The van der Waals surface area contributed by atoms with Crippen molar-refractivity contribution < 1.29 is 31.9 Å². The first-order valence-corrected chi connectivity index (χ1v) is 15.5. The number of nitrogens with one attached hydrogen (secondary N) is 1. The number of halogens is 3. The minimum Gasteiger partial charge on any atom is -0.451 e. The number of alkyl halides is 3. The lowest BCUT2D eigenvalue weighted by Crippen LogP contribution is -2.48. The SMILES string of the molecule is N#Cc1ccc(CN2CCC(NC(=O)c3cc4cc(C(=O)N5CCN(Cc6ccc(OC(F)(F)F)cc6)CC5)ccc4o3)CC2)cc1. The molecule has 0 atom stereocenters. The van der Waals surface area contributed by atoms with Gasteiger partial charge in [-0.3, -0.25) is 19.4 Å². The number of furan rings is 1. The van der Waals surface area contributed by atoms with E-state index in [4.69, 9.17) is 9.68 Å². The van der Waals surface area contributed by atoms with Crippen LogP contribution in [-0.4, -0.2) is 78.2 Å². The molecule has 0 unspecified atom stereocenters. The van der Waals surface area contributed by atoms with Crippen LogP contribution in [0.25, 0.3) is 11.0 Å². The summed E-state index contributed by atoms with van der Waals surface area (Å²) < 4.78 is 47.0. The van der Waals surface area contributed by atoms with Crippen molar-refractivity contribution in [2.45, 2.75) is 38.3 Å². The van der Waals surface area contributed by atoms with Crippen molar-refractivity contribution in [3.63, 3.8) is 0 Å². The molecule has 47 heavy (non-hydrogen) atoms. The maximum atomic E-state index is 13.3. The molecular formula is C35H34F3N5O4. The monoisotopic (exact) mass is 645 g/mol. The molecule has 2 saturated heterocycles. The number of piperazine rings is 1. The fourth-order valence-electron chi connectivity index (χ4n) is 6.07. The summed E-state index contributed by atoms with van der Waals surface area (Å²) in [6.07, 6.45) is -3.09. The molecule has 0 spiro atoms. The van der Waals surface area contributed by atoms with E-state index < -0.39 is 6.36 Å². The highest BCUT2D eigenvalue weighted by Gasteiger charge is 2.31. The van der Waals surface area contributed by atoms with Gasteiger partial charge in [0, 0.05) is 69.3 Å². The van der Waals surface area contributed by atoms with E-state index in [1.165, 1.54) is 12.1 Å². The summed E-state index contributed by atoms with van der Waals surface area (Å²) >= 11 is 0. The summed E-state index contributed by atoms with van der Waals surface area (Å²) in [5.41, 5.74) is 3.69. The Labute approximate surface area is 270 Å². The van der Waals surface area contributed by atoms with Crippen LogP contribution in [0, 0.1) is 11.3 Å². The Kier molecular flexibility index (Phi) is 9.47. The summed E-state index contributed by atoms with van der Waals surface area (Å²) in [6, 6.07) is 22.4. The van der Waals surface area contributed by atoms with Gasteiger partial charge in [-0.05, 0) is 72.5 Å². The number of nitrogens with zero attached hydrogens (tertiary/aromatic N) is 4. The lowest BCUT2D eigenvalue weighted by molar-refractivity contribution is -0.274. The molecule has 4 aromatic rings. The number of hydrogen-bond acceptors (Lipinski definition) is 7. The lowest BCUT2D eigenvalue weighted by Gasteiger charge is -2.34. The summed E-state index contributed by atoms with van der Waals surface area (Å²) in [4.78, 5) is 32.6. The molecule has 9 nitrogen and oxygen atoms in total. The third kappa shape index (κ3) is 8.30. The number of carbonyl (C=O) groups excluding carboxylic acids is 2. The highest BCUT2D eigenvalue weighted by molar-refractivity contribution is 6.00. The minimum absolute atomic E-state index is 0.0338. The number of hydrogen-bond donors (Lipinski definition) is 1. The minimum atomic E-state index is -4.72. The zero-order valence-corrected chi connectivity index (χ0v) is 25.6. The van der Waals surface area contributed by atoms with E-state index in [0.717, 1.165) is 43.6 Å². The first-order chi connectivity index (χ1) is 22.6. The number of ether oxygens (including phenoxy) is 1. The van der Waals surface area contributed by atoms with Crippen LogP contribution in [0.1, 0.15) is 50.4 Å². The normalized spacial score (nSPS) is 16.6. The zero-order valence-electron chi connectivity index (χ0n) is 25.6. The second-order valence-corrected chi connectivity index (χ2v) is 12.0. The Hall–Kier alpha value is -4.86. The quantitative estimate of drug-likeness (QED) is 0.268. The third-order valence-corrected chi connectivity index (χ3v) is 8.62. The van der Waals surface area contributed by atoms with Crippen molar-refractivity contribution in [3.05, 3.63) is 101 Å². The van der Waals surface area contributed by atoms with Gasteiger partial charge in [0.25, 0.3) is 11.8 Å². The molecule has 2 aliphatic rings. The van der Waals surface area contributed by atoms with Crippen LogP contribution in [0.2, 0.25) is 0 Å². The number of amides is 2. The Morgan fingerprint density at radius 2 is 1.47 bits per heavy atom. The fraction of sp³-hybridized carbons (Fsp3) is 0.343. The van der Waals surface area contributed by atoms with E-state index in [9.17, 15) is 22.8 Å². The van der Waals surface area contributed by atoms with Gasteiger partial charge in [-0.1, -0.05) is 24.3 Å². The summed E-state index contributed by atoms with van der Waals surface area (Å²) in [5, 5.41) is 12.8. The zero-order chi connectivity index (χ0) is 33.0. The van der Waals surface area contributed by atoms with Crippen LogP contribution in [0.3, 0.4) is 0 Å². The third-order valence-electron chi connectivity index (χ3n) is 8.62. The molecule has 2 aliphatic heterocycles. The highest BCUT2D eigenvalue weighted by atomic mass is 19.4. The molecule has 0 saturated carbocycles. The predicted molar refractivity (Wildman–Crippen MR) is 167 cm³/mol. The molecule has 0 radical (unpaired) electrons. The van der Waals surface area contributed by atoms with Crippen LogP contribution < -0.4 is 10.1 Å². The van der Waals surface area contributed by atoms with Crippen LogP contribution in [0.4, 0.5) is 13.2 Å². The fourth-order valence-corrected chi connectivity index (χ4v) is 6.07. The van der Waals surface area contributed by atoms with Crippen LogP contribution in [0.15, 0.2) is 77.2 Å². The molecular weight excluding hydrogens is 611 g/mol. The number of benzene rings is 3. The summed E-state index contributed by atoms with van der Waals surface area (Å²) in [5.74, 6) is -0.442. The Morgan fingerprint density at radius 3 is 2.09 bits per heavy atom. The maximum Gasteiger partial charge on any atom is 0.573 e. The van der Waals surface area contributed by atoms with Crippen molar-refractivity contribution >= 4 is 22.8 Å². The van der Waals surface area contributed by atoms with E-state index in [1.54, 1.807) is 41.3 Å². The van der Waals surface area contributed by atoms with Gasteiger partial charge in [-0.2, -0.15) is 5.26 Å². The van der Waals surface area contributed by atoms with Gasteiger partial charge in [-0.15, -0.1) is 13.2 Å². The number of likely N-dealkylation sites (tertiary alicyclic amines) is 1. The first-order valence-electron chi connectivity index (χ1n) is 15.5. The maximum absolute atomic E-state index is 13.3. The highest BCUT2D eigenvalue weighted by Crippen LogP contribution is 2.25. The van der Waals surface area contributed by atoms with Gasteiger partial charge in [-0.25, -0.2) is 0 Å². The van der Waals surface area contributed by atoms with Gasteiger partial charge in [0.05, 0.1) is 11.6 Å². The predicted octanol–water partition coefficient (Wildman–Crippen LogP) is 5.56. The molecule has 244 valence electrons. The molecule has 1 aromatic heterocycles. The molecule has 2 fully saturated rings. The van der Waals surface area contributed by atoms with E-state index in [-0.39, 0.29) is 29.4 Å². The van der Waals surface area contributed by atoms with E-state index in [0.29, 0.717) is 54.8 Å². The number of piperidine rings is 1. The lowest BCUT2D eigenvalue weighted by atomic mass is 10.0. The largest absolute Gasteiger partial charge is 0.573 e. The van der Waals surface area contributed by atoms with Gasteiger partial charge in [0.2, 0.25) is 0 Å². The second-order valence-electron chi connectivity index (χ2n) is 12.0. The first kappa shape index (κ1) is 32.1. The van der Waals surface area contributed by atoms with Crippen LogP contribution in [-0.2, 0) is 13.1 Å². The topological polar surface area (TPSA) is 102 Å². The standard InChI is InChI=1S/C35H34F3N5O4/c36-35(37,38)47-30-8-5-26(6-9-30)23-42-15-17-43(18-16-42)34(45)27-7-10-31-28(19-27)20-32(46-31)33(44)40-29-11-13-41(14-12-29)22-25-3-1-24(21-39)2-4-25/h1-10,19-20,29H,11-18,22-23H2,(H,40,44). The average Bonchev–Trinajstić information content (AvgIpc) is 3.50. The van der Waals surface area contributed by atoms with Gasteiger partial charge in [0.15, 0.2) is 5.76 Å².